The highest BCUT2D eigenvalue weighted by Crippen LogP contribution is 2.57. The van der Waals surface area contributed by atoms with Crippen molar-refractivity contribution in [2.45, 2.75) is 108 Å². The van der Waals surface area contributed by atoms with E-state index in [2.05, 4.69) is 6.92 Å². The van der Waals surface area contributed by atoms with Crippen LogP contribution in [0.25, 0.3) is 0 Å². The number of ether oxygens (including phenoxy) is 6. The Balaban J connectivity index is 1.24. The van der Waals surface area contributed by atoms with Crippen LogP contribution in [0.3, 0.4) is 0 Å². The molecule has 4 fully saturated rings. The molecule has 6 aliphatic rings. The van der Waals surface area contributed by atoms with Gasteiger partial charge >= 0.3 is 5.97 Å². The van der Waals surface area contributed by atoms with Crippen LogP contribution in [0.15, 0.2) is 23.3 Å². The first kappa shape index (κ1) is 26.8. The summed E-state index contributed by atoms with van der Waals surface area (Å²) in [6, 6.07) is 0. The quantitative estimate of drug-likeness (QED) is 0.360. The number of hydrogen-bond donors (Lipinski definition) is 3. The highest BCUT2D eigenvalue weighted by atomic mass is 16.8. The Labute approximate surface area is 222 Å². The number of carbonyl (C=O) groups excluding carboxylic acids is 1. The molecule has 2 aliphatic carbocycles. The van der Waals surface area contributed by atoms with E-state index in [0.29, 0.717) is 24.8 Å². The van der Waals surface area contributed by atoms with Gasteiger partial charge in [0.1, 0.15) is 12.2 Å². The second kappa shape index (κ2) is 9.62. The maximum atomic E-state index is 13.5. The molecule has 0 bridgehead atoms. The summed E-state index contributed by atoms with van der Waals surface area (Å²) in [4.78, 5) is 13.5. The molecule has 3 saturated heterocycles. The third-order valence-corrected chi connectivity index (χ3v) is 10.1. The Morgan fingerprint density at radius 3 is 2.74 bits per heavy atom. The molecule has 0 radical (unpaired) electrons. The van der Waals surface area contributed by atoms with Crippen LogP contribution >= 0.6 is 0 Å². The molecule has 0 aromatic heterocycles. The molecule has 1 saturated carbocycles. The van der Waals surface area contributed by atoms with Crippen molar-refractivity contribution in [2.24, 2.45) is 23.2 Å². The first-order valence-corrected chi connectivity index (χ1v) is 13.9. The molecule has 0 spiro atoms. The van der Waals surface area contributed by atoms with Gasteiger partial charge in [-0.1, -0.05) is 24.6 Å². The summed E-state index contributed by atoms with van der Waals surface area (Å²) in [5.74, 6) is -2.77. The monoisotopic (exact) mass is 536 g/mol. The van der Waals surface area contributed by atoms with Gasteiger partial charge in [0.15, 0.2) is 18.4 Å². The fourth-order valence-corrected chi connectivity index (χ4v) is 7.86. The van der Waals surface area contributed by atoms with E-state index in [1.165, 1.54) is 0 Å². The Morgan fingerprint density at radius 2 is 1.97 bits per heavy atom. The smallest absolute Gasteiger partial charge is 0.312 e. The largest absolute Gasteiger partial charge is 0.459 e. The molecule has 10 heteroatoms. The first-order valence-electron chi connectivity index (χ1n) is 13.9. The van der Waals surface area contributed by atoms with E-state index in [9.17, 15) is 20.1 Å². The third kappa shape index (κ3) is 4.19. The molecule has 0 aromatic carbocycles. The van der Waals surface area contributed by atoms with Crippen LogP contribution in [0.1, 0.15) is 52.9 Å². The highest BCUT2D eigenvalue weighted by Gasteiger charge is 2.61. The molecule has 4 aliphatic heterocycles. The maximum absolute atomic E-state index is 13.5. The summed E-state index contributed by atoms with van der Waals surface area (Å²) in [6.07, 6.45) is 2.15. The number of allylic oxidation sites excluding steroid dienone is 1. The second-order valence-corrected chi connectivity index (χ2v) is 12.2. The predicted molar refractivity (Wildman–Crippen MR) is 131 cm³/mol. The van der Waals surface area contributed by atoms with Gasteiger partial charge < -0.3 is 43.7 Å². The van der Waals surface area contributed by atoms with E-state index in [1.807, 2.05) is 19.1 Å². The number of carbonyl (C=O) groups is 1. The lowest BCUT2D eigenvalue weighted by Gasteiger charge is -2.51. The Kier molecular flexibility index (Phi) is 6.80. The minimum atomic E-state index is -1.11. The van der Waals surface area contributed by atoms with Gasteiger partial charge in [-0.3, -0.25) is 4.79 Å². The fourth-order valence-electron chi connectivity index (χ4n) is 7.86. The molecular formula is C28H40O10. The number of methoxy groups -OCH3 is 1. The van der Waals surface area contributed by atoms with Crippen LogP contribution in [0.4, 0.5) is 0 Å². The summed E-state index contributed by atoms with van der Waals surface area (Å²) < 4.78 is 35.2. The molecule has 13 atom stereocenters. The van der Waals surface area contributed by atoms with Crippen molar-refractivity contribution in [3.63, 3.8) is 0 Å². The average molecular weight is 537 g/mol. The van der Waals surface area contributed by atoms with E-state index in [4.69, 9.17) is 28.4 Å². The Hall–Kier alpha value is -1.37. The first-order chi connectivity index (χ1) is 18.0. The summed E-state index contributed by atoms with van der Waals surface area (Å²) in [6.45, 7) is 5.92. The predicted octanol–water partition coefficient (Wildman–Crippen LogP) is 1.56. The van der Waals surface area contributed by atoms with Crippen LogP contribution in [0, 0.1) is 23.2 Å². The number of rotatable bonds is 3. The van der Waals surface area contributed by atoms with Crippen LogP contribution in [0.5, 0.6) is 0 Å². The van der Waals surface area contributed by atoms with Crippen molar-refractivity contribution in [3.05, 3.63) is 23.3 Å². The minimum Gasteiger partial charge on any atom is -0.459 e. The van der Waals surface area contributed by atoms with Gasteiger partial charge in [-0.2, -0.15) is 0 Å². The number of aliphatic hydroxyl groups is 3. The van der Waals surface area contributed by atoms with Crippen molar-refractivity contribution in [3.8, 4) is 0 Å². The summed E-state index contributed by atoms with van der Waals surface area (Å²) in [7, 11) is 1.58. The zero-order valence-corrected chi connectivity index (χ0v) is 22.4. The van der Waals surface area contributed by atoms with Crippen LogP contribution in [0.2, 0.25) is 0 Å². The molecule has 38 heavy (non-hydrogen) atoms. The van der Waals surface area contributed by atoms with Crippen molar-refractivity contribution < 1.29 is 48.5 Å². The number of aliphatic hydroxyl groups excluding tert-OH is 3. The van der Waals surface area contributed by atoms with Crippen molar-refractivity contribution >= 4 is 5.97 Å². The lowest BCUT2D eigenvalue weighted by atomic mass is 9.55. The van der Waals surface area contributed by atoms with Crippen LogP contribution < -0.4 is 0 Å². The normalized spacial score (nSPS) is 52.4. The second-order valence-electron chi connectivity index (χ2n) is 12.2. The Bertz CT molecular complexity index is 1010. The van der Waals surface area contributed by atoms with Gasteiger partial charge in [-0.05, 0) is 56.4 Å². The number of hydrogen-bond acceptors (Lipinski definition) is 10. The van der Waals surface area contributed by atoms with Crippen molar-refractivity contribution in [1.29, 1.82) is 0 Å². The lowest BCUT2D eigenvalue weighted by Crippen LogP contribution is -2.52. The maximum Gasteiger partial charge on any atom is 0.312 e. The standard InChI is InChI=1S/C28H40O10/c1-13-24(30)19(33-4)11-21(35-13)36-15-7-8-27(2)14(9-15)10-18(29)22-17(27)6-5-16-23-20(37-26(22)32)12-34-28(23,3)38-25(16)31/h5,10,13,15,17-25,29-31H,6-9,11-12H2,1-4H3. The molecule has 6 rings (SSSR count). The van der Waals surface area contributed by atoms with E-state index >= 15 is 0 Å². The number of esters is 1. The molecule has 212 valence electrons. The van der Waals surface area contributed by atoms with E-state index < -0.39 is 54.7 Å². The van der Waals surface area contributed by atoms with Gasteiger partial charge in [-0.25, -0.2) is 0 Å². The molecule has 0 aromatic rings. The lowest BCUT2D eigenvalue weighted by molar-refractivity contribution is -0.265. The molecule has 3 N–H and O–H groups in total. The number of fused-ring (bicyclic) bond motifs is 3. The van der Waals surface area contributed by atoms with Crippen molar-refractivity contribution in [2.75, 3.05) is 13.7 Å². The molecule has 10 nitrogen and oxygen atoms in total. The van der Waals surface area contributed by atoms with Crippen molar-refractivity contribution in [1.82, 2.24) is 0 Å². The zero-order valence-electron chi connectivity index (χ0n) is 22.4. The fraction of sp³-hybridized carbons (Fsp3) is 0.821. The van der Waals surface area contributed by atoms with Crippen LogP contribution in [-0.2, 0) is 33.2 Å². The Morgan fingerprint density at radius 1 is 1.18 bits per heavy atom. The van der Waals surface area contributed by atoms with E-state index in [-0.39, 0.29) is 36.1 Å². The van der Waals surface area contributed by atoms with Gasteiger partial charge in [0.05, 0.1) is 42.9 Å². The van der Waals surface area contributed by atoms with E-state index in [0.717, 1.165) is 18.4 Å². The summed E-state index contributed by atoms with van der Waals surface area (Å²) in [5.41, 5.74) is 1.40. The molecule has 13 unspecified atom stereocenters. The highest BCUT2D eigenvalue weighted by molar-refractivity contribution is 5.75. The summed E-state index contributed by atoms with van der Waals surface area (Å²) >= 11 is 0. The van der Waals surface area contributed by atoms with Gasteiger partial charge in [0.25, 0.3) is 0 Å². The molecule has 4 heterocycles. The SMILES string of the molecule is COC1CC(OC2CCC3(C)C(=CC(O)C4C(=O)OC5COC6(C)OC(O)C(=CCC43)C56)C2)OC(C)C1O. The topological polar surface area (TPSA) is 133 Å². The minimum absolute atomic E-state index is 0.119. The zero-order chi connectivity index (χ0) is 27.0. The average Bonchev–Trinajstić information content (AvgIpc) is 3.32. The molecule has 0 amide bonds. The van der Waals surface area contributed by atoms with E-state index in [1.54, 1.807) is 14.0 Å². The van der Waals surface area contributed by atoms with Gasteiger partial charge in [0, 0.05) is 13.5 Å². The van der Waals surface area contributed by atoms with Gasteiger partial charge in [-0.15, -0.1) is 0 Å². The third-order valence-electron chi connectivity index (χ3n) is 10.1. The molecular weight excluding hydrogens is 496 g/mol. The van der Waals surface area contributed by atoms with Crippen LogP contribution in [-0.4, -0.2) is 90.0 Å². The summed E-state index contributed by atoms with van der Waals surface area (Å²) in [5, 5.41) is 32.2. The van der Waals surface area contributed by atoms with Gasteiger partial charge in [0.2, 0.25) is 0 Å².